The highest BCUT2D eigenvalue weighted by atomic mass is 32.2. The molecular weight excluding hydrogens is 180 g/mol. The molecule has 3 fully saturated rings. The van der Waals surface area contributed by atoms with Gasteiger partial charge in [-0.15, -0.1) is 0 Å². The van der Waals surface area contributed by atoms with Gasteiger partial charge in [-0.05, 0) is 43.3 Å². The first-order chi connectivity index (χ1) is 6.34. The van der Waals surface area contributed by atoms with Crippen molar-refractivity contribution in [1.29, 1.82) is 0 Å². The van der Waals surface area contributed by atoms with Gasteiger partial charge in [0.05, 0.1) is 0 Å². The van der Waals surface area contributed by atoms with E-state index in [4.69, 9.17) is 0 Å². The van der Waals surface area contributed by atoms with E-state index in [1.54, 1.807) is 0 Å². The second kappa shape index (κ2) is 3.01. The van der Waals surface area contributed by atoms with Crippen molar-refractivity contribution < 1.29 is 4.79 Å². The standard InChI is InChI=1S/C11H16OS/c12-11(7-1-2-13-6-7)10-4-8-3-9(8)5-10/h7-10H,1-6H2. The molecule has 72 valence electrons. The number of fused-ring (bicyclic) bond motifs is 1. The predicted molar refractivity (Wildman–Crippen MR) is 54.8 cm³/mol. The number of carbonyl (C=O) groups is 1. The lowest BCUT2D eigenvalue weighted by molar-refractivity contribution is -0.126. The molecule has 13 heavy (non-hydrogen) atoms. The van der Waals surface area contributed by atoms with Gasteiger partial charge < -0.3 is 0 Å². The maximum atomic E-state index is 12.0. The van der Waals surface area contributed by atoms with E-state index in [2.05, 4.69) is 0 Å². The van der Waals surface area contributed by atoms with Crippen molar-refractivity contribution in [2.45, 2.75) is 25.7 Å². The van der Waals surface area contributed by atoms with Crippen molar-refractivity contribution in [1.82, 2.24) is 0 Å². The van der Waals surface area contributed by atoms with Gasteiger partial charge >= 0.3 is 0 Å². The number of hydrogen-bond donors (Lipinski definition) is 0. The van der Waals surface area contributed by atoms with E-state index in [1.165, 1.54) is 25.0 Å². The molecule has 1 saturated heterocycles. The van der Waals surface area contributed by atoms with Crippen LogP contribution in [0.25, 0.3) is 0 Å². The highest BCUT2D eigenvalue weighted by Gasteiger charge is 2.48. The van der Waals surface area contributed by atoms with Crippen molar-refractivity contribution in [2.75, 3.05) is 11.5 Å². The maximum Gasteiger partial charge on any atom is 0.139 e. The van der Waals surface area contributed by atoms with Gasteiger partial charge in [0.25, 0.3) is 0 Å². The quantitative estimate of drug-likeness (QED) is 0.674. The van der Waals surface area contributed by atoms with E-state index in [9.17, 15) is 4.79 Å². The lowest BCUT2D eigenvalue weighted by atomic mass is 9.89. The zero-order valence-corrected chi connectivity index (χ0v) is 8.69. The molecule has 3 rings (SSSR count). The molecule has 0 spiro atoms. The van der Waals surface area contributed by atoms with E-state index in [0.717, 1.165) is 24.0 Å². The van der Waals surface area contributed by atoms with Crippen LogP contribution in [0, 0.1) is 23.7 Å². The smallest absolute Gasteiger partial charge is 0.139 e. The SMILES string of the molecule is O=C(C1CCSC1)C1CC2CC2C1. The van der Waals surface area contributed by atoms with Gasteiger partial charge in [0.15, 0.2) is 0 Å². The average Bonchev–Trinajstić information content (AvgIpc) is 2.63. The van der Waals surface area contributed by atoms with Crippen LogP contribution >= 0.6 is 11.8 Å². The van der Waals surface area contributed by atoms with E-state index >= 15 is 0 Å². The molecule has 0 aromatic heterocycles. The fourth-order valence-electron chi connectivity index (χ4n) is 3.04. The van der Waals surface area contributed by atoms with Crippen molar-refractivity contribution in [3.8, 4) is 0 Å². The Kier molecular flexibility index (Phi) is 1.93. The molecule has 0 bridgehead atoms. The summed E-state index contributed by atoms with van der Waals surface area (Å²) in [6, 6.07) is 0. The average molecular weight is 196 g/mol. The fraction of sp³-hybridized carbons (Fsp3) is 0.909. The van der Waals surface area contributed by atoms with E-state index in [1.807, 2.05) is 11.8 Å². The first kappa shape index (κ1) is 8.34. The summed E-state index contributed by atoms with van der Waals surface area (Å²) in [6.07, 6.45) is 5.08. The lowest BCUT2D eigenvalue weighted by Gasteiger charge is -2.14. The van der Waals surface area contributed by atoms with E-state index in [-0.39, 0.29) is 0 Å². The highest BCUT2D eigenvalue weighted by Crippen LogP contribution is 2.55. The maximum absolute atomic E-state index is 12.0. The zero-order valence-electron chi connectivity index (χ0n) is 7.87. The number of carbonyl (C=O) groups excluding carboxylic acids is 1. The molecule has 3 unspecified atom stereocenters. The Balaban J connectivity index is 1.61. The van der Waals surface area contributed by atoms with Crippen LogP contribution in [-0.4, -0.2) is 17.3 Å². The minimum absolute atomic E-state index is 0.437. The van der Waals surface area contributed by atoms with Gasteiger partial charge in [-0.1, -0.05) is 0 Å². The number of thioether (sulfide) groups is 1. The Morgan fingerprint density at radius 2 is 1.85 bits per heavy atom. The second-order valence-corrected chi connectivity index (χ2v) is 6.04. The number of ketones is 1. The summed E-state index contributed by atoms with van der Waals surface area (Å²) in [6.45, 7) is 0. The minimum Gasteiger partial charge on any atom is -0.299 e. The second-order valence-electron chi connectivity index (χ2n) is 4.89. The van der Waals surface area contributed by atoms with Crippen molar-refractivity contribution in [3.63, 3.8) is 0 Å². The molecule has 1 heterocycles. The monoisotopic (exact) mass is 196 g/mol. The summed E-state index contributed by atoms with van der Waals surface area (Å²) in [5, 5.41) is 0. The van der Waals surface area contributed by atoms with Crippen LogP contribution in [0.5, 0.6) is 0 Å². The minimum atomic E-state index is 0.437. The molecule has 2 saturated carbocycles. The van der Waals surface area contributed by atoms with Crippen molar-refractivity contribution in [2.24, 2.45) is 23.7 Å². The van der Waals surface area contributed by atoms with Crippen molar-refractivity contribution in [3.05, 3.63) is 0 Å². The van der Waals surface area contributed by atoms with Crippen molar-refractivity contribution >= 4 is 17.5 Å². The number of hydrogen-bond acceptors (Lipinski definition) is 2. The third kappa shape index (κ3) is 1.43. The van der Waals surface area contributed by atoms with Crippen LogP contribution in [0.15, 0.2) is 0 Å². The summed E-state index contributed by atoms with van der Waals surface area (Å²) < 4.78 is 0. The summed E-state index contributed by atoms with van der Waals surface area (Å²) in [5.41, 5.74) is 0. The fourth-order valence-corrected chi connectivity index (χ4v) is 4.27. The Morgan fingerprint density at radius 3 is 2.46 bits per heavy atom. The molecule has 0 amide bonds. The molecule has 1 nitrogen and oxygen atoms in total. The summed E-state index contributed by atoms with van der Waals surface area (Å²) in [4.78, 5) is 12.0. The molecule has 3 aliphatic rings. The molecule has 3 atom stereocenters. The predicted octanol–water partition coefficient (Wildman–Crippen LogP) is 2.35. The summed E-state index contributed by atoms with van der Waals surface area (Å²) in [7, 11) is 0. The molecule has 0 aromatic carbocycles. The molecule has 2 aliphatic carbocycles. The van der Waals surface area contributed by atoms with E-state index in [0.29, 0.717) is 17.6 Å². The number of Topliss-reactive ketones (excluding diaryl/α,β-unsaturated/α-hetero) is 1. The topological polar surface area (TPSA) is 17.1 Å². The van der Waals surface area contributed by atoms with Crippen LogP contribution < -0.4 is 0 Å². The third-order valence-electron chi connectivity index (χ3n) is 3.98. The molecule has 0 radical (unpaired) electrons. The summed E-state index contributed by atoms with van der Waals surface area (Å²) >= 11 is 1.96. The van der Waals surface area contributed by atoms with Crippen LogP contribution in [0.4, 0.5) is 0 Å². The van der Waals surface area contributed by atoms with Gasteiger partial charge in [-0.2, -0.15) is 11.8 Å². The van der Waals surface area contributed by atoms with Crippen LogP contribution in [0.3, 0.4) is 0 Å². The Morgan fingerprint density at radius 1 is 1.08 bits per heavy atom. The first-order valence-electron chi connectivity index (χ1n) is 5.46. The highest BCUT2D eigenvalue weighted by molar-refractivity contribution is 7.99. The molecule has 2 heteroatoms. The number of rotatable bonds is 2. The largest absolute Gasteiger partial charge is 0.299 e. The molecule has 0 aromatic rings. The van der Waals surface area contributed by atoms with Gasteiger partial charge in [-0.25, -0.2) is 0 Å². The van der Waals surface area contributed by atoms with Crippen LogP contribution in [-0.2, 0) is 4.79 Å². The van der Waals surface area contributed by atoms with Gasteiger partial charge in [0.2, 0.25) is 0 Å². The van der Waals surface area contributed by atoms with E-state index < -0.39 is 0 Å². The Bertz CT molecular complexity index is 222. The molecule has 1 aliphatic heterocycles. The third-order valence-corrected chi connectivity index (χ3v) is 5.14. The Labute approximate surface area is 83.7 Å². The summed E-state index contributed by atoms with van der Waals surface area (Å²) in [5.74, 6) is 5.80. The lowest BCUT2D eigenvalue weighted by Crippen LogP contribution is -2.22. The molecular formula is C11H16OS. The van der Waals surface area contributed by atoms with Gasteiger partial charge in [0, 0.05) is 17.6 Å². The van der Waals surface area contributed by atoms with Gasteiger partial charge in [0.1, 0.15) is 5.78 Å². The normalized spacial score (nSPS) is 47.7. The van der Waals surface area contributed by atoms with Gasteiger partial charge in [-0.3, -0.25) is 4.79 Å². The zero-order chi connectivity index (χ0) is 8.84. The first-order valence-corrected chi connectivity index (χ1v) is 6.61. The van der Waals surface area contributed by atoms with Crippen LogP contribution in [0.1, 0.15) is 25.7 Å². The molecule has 0 N–H and O–H groups in total. The Hall–Kier alpha value is 0.0200. The van der Waals surface area contributed by atoms with Crippen LogP contribution in [0.2, 0.25) is 0 Å².